The lowest BCUT2D eigenvalue weighted by molar-refractivity contribution is -0.128. The standard InChI is InChI=1S/C9H14N2O/c1-9(2,6-10)7-11-5-3-4-8(11)12/h3-5,7H2,1-2H3. The molecule has 1 saturated heterocycles. The van der Waals surface area contributed by atoms with Crippen LogP contribution in [0.1, 0.15) is 26.7 Å². The number of nitrogens with zero attached hydrogens (tertiary/aromatic N) is 2. The van der Waals surface area contributed by atoms with Crippen molar-refractivity contribution in [2.45, 2.75) is 26.7 Å². The van der Waals surface area contributed by atoms with Crippen molar-refractivity contribution >= 4 is 5.91 Å². The van der Waals surface area contributed by atoms with Crippen LogP contribution in [0.5, 0.6) is 0 Å². The highest BCUT2D eigenvalue weighted by molar-refractivity contribution is 5.78. The molecule has 0 unspecified atom stereocenters. The summed E-state index contributed by atoms with van der Waals surface area (Å²) in [6.45, 7) is 5.11. The molecule has 0 N–H and O–H groups in total. The first-order chi connectivity index (χ1) is 5.55. The fraction of sp³-hybridized carbons (Fsp3) is 0.778. The molecule has 66 valence electrons. The third-order valence-corrected chi connectivity index (χ3v) is 2.06. The van der Waals surface area contributed by atoms with Gasteiger partial charge in [0.2, 0.25) is 5.91 Å². The van der Waals surface area contributed by atoms with Crippen molar-refractivity contribution in [1.82, 2.24) is 4.90 Å². The first kappa shape index (κ1) is 9.05. The van der Waals surface area contributed by atoms with E-state index in [9.17, 15) is 4.79 Å². The van der Waals surface area contributed by atoms with Crippen molar-refractivity contribution in [2.24, 2.45) is 5.41 Å². The van der Waals surface area contributed by atoms with Gasteiger partial charge >= 0.3 is 0 Å². The van der Waals surface area contributed by atoms with Gasteiger partial charge in [0, 0.05) is 19.5 Å². The number of likely N-dealkylation sites (tertiary alicyclic amines) is 1. The first-order valence-electron chi connectivity index (χ1n) is 4.24. The quantitative estimate of drug-likeness (QED) is 0.617. The molecule has 0 bridgehead atoms. The van der Waals surface area contributed by atoms with Crippen LogP contribution in [0.3, 0.4) is 0 Å². The summed E-state index contributed by atoms with van der Waals surface area (Å²) in [7, 11) is 0. The second-order valence-electron chi connectivity index (χ2n) is 3.91. The monoisotopic (exact) mass is 166 g/mol. The van der Waals surface area contributed by atoms with E-state index in [4.69, 9.17) is 5.26 Å². The molecular formula is C9H14N2O. The predicted molar refractivity (Wildman–Crippen MR) is 45.2 cm³/mol. The van der Waals surface area contributed by atoms with Crippen molar-refractivity contribution in [2.75, 3.05) is 13.1 Å². The number of carbonyl (C=O) groups excluding carboxylic acids is 1. The van der Waals surface area contributed by atoms with Crippen LogP contribution in [-0.4, -0.2) is 23.9 Å². The maximum atomic E-state index is 11.2. The highest BCUT2D eigenvalue weighted by atomic mass is 16.2. The largest absolute Gasteiger partial charge is 0.341 e. The van der Waals surface area contributed by atoms with Gasteiger partial charge in [0.1, 0.15) is 0 Å². The SMILES string of the molecule is CC(C)(C#N)CN1CCCC1=O. The smallest absolute Gasteiger partial charge is 0.222 e. The minimum atomic E-state index is -0.403. The van der Waals surface area contributed by atoms with Gasteiger partial charge in [-0.1, -0.05) is 0 Å². The van der Waals surface area contributed by atoms with Crippen molar-refractivity contribution in [1.29, 1.82) is 5.26 Å². The van der Waals surface area contributed by atoms with Gasteiger partial charge in [-0.25, -0.2) is 0 Å². The molecule has 0 aliphatic carbocycles. The normalized spacial score (nSPS) is 18.1. The third-order valence-electron chi connectivity index (χ3n) is 2.06. The number of amides is 1. The summed E-state index contributed by atoms with van der Waals surface area (Å²) in [5.74, 6) is 0.193. The van der Waals surface area contributed by atoms with Gasteiger partial charge in [0.05, 0.1) is 11.5 Å². The maximum Gasteiger partial charge on any atom is 0.222 e. The lowest BCUT2D eigenvalue weighted by atomic mass is 9.95. The fourth-order valence-electron chi connectivity index (χ4n) is 1.38. The van der Waals surface area contributed by atoms with Crippen LogP contribution in [0.25, 0.3) is 0 Å². The van der Waals surface area contributed by atoms with Crippen LogP contribution in [0.4, 0.5) is 0 Å². The highest BCUT2D eigenvalue weighted by Gasteiger charge is 2.27. The molecule has 0 radical (unpaired) electrons. The lowest BCUT2D eigenvalue weighted by Crippen LogP contribution is -2.34. The molecule has 3 heteroatoms. The Bertz CT molecular complexity index is 227. The van der Waals surface area contributed by atoms with E-state index in [-0.39, 0.29) is 5.91 Å². The lowest BCUT2D eigenvalue weighted by Gasteiger charge is -2.23. The van der Waals surface area contributed by atoms with Crippen LogP contribution >= 0.6 is 0 Å². The molecule has 0 aromatic carbocycles. The third kappa shape index (κ3) is 1.97. The van der Waals surface area contributed by atoms with Crippen LogP contribution in [0.15, 0.2) is 0 Å². The summed E-state index contributed by atoms with van der Waals surface area (Å²) < 4.78 is 0. The molecule has 0 saturated carbocycles. The van der Waals surface area contributed by atoms with E-state index in [0.29, 0.717) is 13.0 Å². The van der Waals surface area contributed by atoms with Gasteiger partial charge in [-0.2, -0.15) is 5.26 Å². The summed E-state index contributed by atoms with van der Waals surface area (Å²) in [4.78, 5) is 13.0. The minimum Gasteiger partial charge on any atom is -0.341 e. The van der Waals surface area contributed by atoms with Crippen LogP contribution in [-0.2, 0) is 4.79 Å². The molecule has 1 aliphatic rings. The Morgan fingerprint density at radius 2 is 2.33 bits per heavy atom. The highest BCUT2D eigenvalue weighted by Crippen LogP contribution is 2.19. The van der Waals surface area contributed by atoms with Crippen molar-refractivity contribution < 1.29 is 4.79 Å². The van der Waals surface area contributed by atoms with E-state index in [1.54, 1.807) is 4.90 Å². The molecule has 3 nitrogen and oxygen atoms in total. The van der Waals surface area contributed by atoms with Crippen molar-refractivity contribution in [3.63, 3.8) is 0 Å². The minimum absolute atomic E-state index is 0.193. The van der Waals surface area contributed by atoms with E-state index in [2.05, 4.69) is 6.07 Å². The predicted octanol–water partition coefficient (Wildman–Crippen LogP) is 1.16. The number of nitriles is 1. The van der Waals surface area contributed by atoms with Crippen LogP contribution in [0, 0.1) is 16.7 Å². The molecule has 1 fully saturated rings. The zero-order chi connectivity index (χ0) is 9.19. The molecule has 1 rings (SSSR count). The Morgan fingerprint density at radius 1 is 1.67 bits per heavy atom. The molecule has 1 aliphatic heterocycles. The summed E-state index contributed by atoms with van der Waals surface area (Å²) in [6.07, 6.45) is 1.60. The van der Waals surface area contributed by atoms with Crippen LogP contribution < -0.4 is 0 Å². The van der Waals surface area contributed by atoms with Gasteiger partial charge in [-0.3, -0.25) is 4.79 Å². The van der Waals surface area contributed by atoms with Gasteiger partial charge in [-0.15, -0.1) is 0 Å². The van der Waals surface area contributed by atoms with Crippen molar-refractivity contribution in [3.8, 4) is 6.07 Å². The summed E-state index contributed by atoms with van der Waals surface area (Å²) in [6, 6.07) is 2.19. The van der Waals surface area contributed by atoms with E-state index in [1.807, 2.05) is 13.8 Å². The second-order valence-corrected chi connectivity index (χ2v) is 3.91. The summed E-state index contributed by atoms with van der Waals surface area (Å²) >= 11 is 0. The molecular weight excluding hydrogens is 152 g/mol. The van der Waals surface area contributed by atoms with Crippen LogP contribution in [0.2, 0.25) is 0 Å². The van der Waals surface area contributed by atoms with E-state index < -0.39 is 5.41 Å². The molecule has 0 aromatic rings. The van der Waals surface area contributed by atoms with Gasteiger partial charge in [0.15, 0.2) is 0 Å². The Labute approximate surface area is 73.0 Å². The molecule has 1 heterocycles. The van der Waals surface area contributed by atoms with Gasteiger partial charge in [0.25, 0.3) is 0 Å². The Hall–Kier alpha value is -1.04. The average molecular weight is 166 g/mol. The zero-order valence-corrected chi connectivity index (χ0v) is 7.63. The first-order valence-corrected chi connectivity index (χ1v) is 4.24. The maximum absolute atomic E-state index is 11.2. The topological polar surface area (TPSA) is 44.1 Å². The second kappa shape index (κ2) is 3.14. The van der Waals surface area contributed by atoms with Gasteiger partial charge in [-0.05, 0) is 20.3 Å². The molecule has 0 atom stereocenters. The Morgan fingerprint density at radius 3 is 2.75 bits per heavy atom. The van der Waals surface area contributed by atoms with E-state index in [1.165, 1.54) is 0 Å². The van der Waals surface area contributed by atoms with E-state index >= 15 is 0 Å². The summed E-state index contributed by atoms with van der Waals surface area (Å²) in [5.41, 5.74) is -0.403. The van der Waals surface area contributed by atoms with Crippen molar-refractivity contribution in [3.05, 3.63) is 0 Å². The van der Waals surface area contributed by atoms with E-state index in [0.717, 1.165) is 13.0 Å². The van der Waals surface area contributed by atoms with Gasteiger partial charge < -0.3 is 4.90 Å². The summed E-state index contributed by atoms with van der Waals surface area (Å²) in [5, 5.41) is 8.75. The molecule has 0 aromatic heterocycles. The molecule has 1 amide bonds. The molecule has 0 spiro atoms. The number of carbonyl (C=O) groups is 1. The Kier molecular flexibility index (Phi) is 2.37. The molecule has 12 heavy (non-hydrogen) atoms. The number of hydrogen-bond acceptors (Lipinski definition) is 2. The Balaban J connectivity index is 2.52. The average Bonchev–Trinajstić information content (AvgIpc) is 2.36. The fourth-order valence-corrected chi connectivity index (χ4v) is 1.38. The zero-order valence-electron chi connectivity index (χ0n) is 7.63. The number of rotatable bonds is 2. The number of hydrogen-bond donors (Lipinski definition) is 0.